The Labute approximate surface area is 207 Å². The van der Waals surface area contributed by atoms with E-state index in [2.05, 4.69) is 10.6 Å². The molecule has 0 saturated carbocycles. The van der Waals surface area contributed by atoms with Gasteiger partial charge in [-0.15, -0.1) is 0 Å². The lowest BCUT2D eigenvalue weighted by Crippen LogP contribution is -2.46. The Morgan fingerprint density at radius 3 is 1.91 bits per heavy atom. The Hall–Kier alpha value is -4.18. The highest BCUT2D eigenvalue weighted by molar-refractivity contribution is 6.00. The number of benzene rings is 4. The van der Waals surface area contributed by atoms with Crippen molar-refractivity contribution in [2.45, 2.75) is 31.7 Å². The molecule has 0 aliphatic carbocycles. The molecule has 0 aromatic heterocycles. The van der Waals surface area contributed by atoms with Gasteiger partial charge in [0, 0.05) is 17.7 Å². The summed E-state index contributed by atoms with van der Waals surface area (Å²) in [6.45, 7) is 1.99. The Kier molecular flexibility index (Phi) is 8.08. The maximum Gasteiger partial charge on any atom is 0.247 e. The molecule has 0 spiro atoms. The van der Waals surface area contributed by atoms with Gasteiger partial charge in [-0.25, -0.2) is 0 Å². The van der Waals surface area contributed by atoms with Gasteiger partial charge in [-0.1, -0.05) is 116 Å². The van der Waals surface area contributed by atoms with Crippen molar-refractivity contribution in [1.82, 2.24) is 5.32 Å². The molecule has 0 heterocycles. The van der Waals surface area contributed by atoms with E-state index in [4.69, 9.17) is 0 Å². The van der Waals surface area contributed by atoms with Crippen molar-refractivity contribution in [3.8, 4) is 11.1 Å². The van der Waals surface area contributed by atoms with E-state index < -0.39 is 6.04 Å². The summed E-state index contributed by atoms with van der Waals surface area (Å²) >= 11 is 0. The highest BCUT2D eigenvalue weighted by Crippen LogP contribution is 2.28. The average Bonchev–Trinajstić information content (AvgIpc) is 2.91. The molecular weight excluding hydrogens is 432 g/mol. The fraction of sp³-hybridized carbons (Fsp3) is 0.161. The molecule has 4 heteroatoms. The van der Waals surface area contributed by atoms with Crippen molar-refractivity contribution < 1.29 is 9.59 Å². The molecule has 4 rings (SSSR count). The van der Waals surface area contributed by atoms with Crippen molar-refractivity contribution in [1.29, 1.82) is 0 Å². The summed E-state index contributed by atoms with van der Waals surface area (Å²) in [5, 5.41) is 6.12. The van der Waals surface area contributed by atoms with Gasteiger partial charge in [0.25, 0.3) is 0 Å². The number of para-hydroxylation sites is 1. The highest BCUT2D eigenvalue weighted by Gasteiger charge is 2.26. The van der Waals surface area contributed by atoms with Crippen LogP contribution in [0.2, 0.25) is 0 Å². The van der Waals surface area contributed by atoms with Crippen LogP contribution in [-0.2, 0) is 16.0 Å². The topological polar surface area (TPSA) is 58.2 Å². The third kappa shape index (κ3) is 6.24. The lowest BCUT2D eigenvalue weighted by atomic mass is 9.94. The van der Waals surface area contributed by atoms with Crippen LogP contribution in [0.4, 0.5) is 5.69 Å². The van der Waals surface area contributed by atoms with Gasteiger partial charge in [-0.3, -0.25) is 9.59 Å². The third-order valence-corrected chi connectivity index (χ3v) is 6.11. The molecule has 176 valence electrons. The second kappa shape index (κ2) is 11.8. The van der Waals surface area contributed by atoms with Crippen molar-refractivity contribution >= 4 is 17.5 Å². The summed E-state index contributed by atoms with van der Waals surface area (Å²) in [5.74, 6) is -0.710. The first-order valence-corrected chi connectivity index (χ1v) is 12.0. The molecule has 4 aromatic rings. The maximum absolute atomic E-state index is 13.6. The van der Waals surface area contributed by atoms with Crippen LogP contribution in [0.25, 0.3) is 11.1 Å². The zero-order chi connectivity index (χ0) is 24.5. The summed E-state index contributed by atoms with van der Waals surface area (Å²) in [6, 6.07) is 36.4. The molecule has 0 aliphatic heterocycles. The van der Waals surface area contributed by atoms with Crippen LogP contribution >= 0.6 is 0 Å². The van der Waals surface area contributed by atoms with Gasteiger partial charge < -0.3 is 10.6 Å². The molecule has 4 aromatic carbocycles. The fourth-order valence-corrected chi connectivity index (χ4v) is 4.27. The number of rotatable bonds is 9. The molecule has 2 amide bonds. The molecule has 0 saturated heterocycles. The van der Waals surface area contributed by atoms with E-state index in [0.717, 1.165) is 22.3 Å². The summed E-state index contributed by atoms with van der Waals surface area (Å²) in [7, 11) is 0. The van der Waals surface area contributed by atoms with Crippen LogP contribution in [0.3, 0.4) is 0 Å². The van der Waals surface area contributed by atoms with E-state index in [1.165, 1.54) is 0 Å². The second-order valence-electron chi connectivity index (χ2n) is 8.52. The SMILES string of the molecule is CCC(C(=O)NC(Cc1ccccc1)C(=O)Nc1ccccc1-c1ccccc1)c1ccccc1. The smallest absolute Gasteiger partial charge is 0.247 e. The predicted molar refractivity (Wildman–Crippen MR) is 142 cm³/mol. The first-order chi connectivity index (χ1) is 17.2. The van der Waals surface area contributed by atoms with Crippen LogP contribution in [0, 0.1) is 0 Å². The largest absolute Gasteiger partial charge is 0.343 e. The second-order valence-corrected chi connectivity index (χ2v) is 8.52. The van der Waals surface area contributed by atoms with Crippen LogP contribution in [0.5, 0.6) is 0 Å². The first kappa shape index (κ1) is 24.0. The summed E-state index contributed by atoms with van der Waals surface area (Å²) < 4.78 is 0. The van der Waals surface area contributed by atoms with E-state index in [-0.39, 0.29) is 17.7 Å². The van der Waals surface area contributed by atoms with Gasteiger partial charge in [0.15, 0.2) is 0 Å². The summed E-state index contributed by atoms with van der Waals surface area (Å²) in [5.41, 5.74) is 4.59. The Morgan fingerprint density at radius 1 is 0.686 bits per heavy atom. The minimum absolute atomic E-state index is 0.147. The van der Waals surface area contributed by atoms with Crippen LogP contribution in [-0.4, -0.2) is 17.9 Å². The Morgan fingerprint density at radius 2 is 1.26 bits per heavy atom. The van der Waals surface area contributed by atoms with E-state index in [9.17, 15) is 9.59 Å². The number of hydrogen-bond donors (Lipinski definition) is 2. The van der Waals surface area contributed by atoms with E-state index in [1.54, 1.807) is 0 Å². The van der Waals surface area contributed by atoms with E-state index in [1.807, 2.05) is 122 Å². The predicted octanol–water partition coefficient (Wildman–Crippen LogP) is 6.21. The summed E-state index contributed by atoms with van der Waals surface area (Å²) in [6.07, 6.45) is 1.05. The zero-order valence-electron chi connectivity index (χ0n) is 19.9. The molecule has 0 aliphatic rings. The molecule has 2 unspecified atom stereocenters. The standard InChI is InChI=1S/C31H30N2O2/c1-2-26(24-16-8-4-9-17-24)30(34)33-29(22-23-14-6-3-7-15-23)31(35)32-28-21-13-12-20-27(28)25-18-10-5-11-19-25/h3-21,26,29H,2,22H2,1H3,(H,32,35)(H,33,34). The quantitative estimate of drug-likeness (QED) is 0.311. The normalized spacial score (nSPS) is 12.4. The fourth-order valence-electron chi connectivity index (χ4n) is 4.27. The van der Waals surface area contributed by atoms with Crippen LogP contribution in [0.15, 0.2) is 115 Å². The molecule has 2 N–H and O–H groups in total. The summed E-state index contributed by atoms with van der Waals surface area (Å²) in [4.78, 5) is 26.9. The van der Waals surface area contributed by atoms with Gasteiger partial charge in [0.2, 0.25) is 11.8 Å². The molecule has 35 heavy (non-hydrogen) atoms. The lowest BCUT2D eigenvalue weighted by Gasteiger charge is -2.23. The number of anilines is 1. The Bertz CT molecular complexity index is 1240. The van der Waals surface area contributed by atoms with Gasteiger partial charge in [0.1, 0.15) is 6.04 Å². The monoisotopic (exact) mass is 462 g/mol. The zero-order valence-corrected chi connectivity index (χ0v) is 19.9. The minimum Gasteiger partial charge on any atom is -0.343 e. The number of hydrogen-bond acceptors (Lipinski definition) is 2. The van der Waals surface area contributed by atoms with Gasteiger partial charge in [-0.05, 0) is 29.2 Å². The van der Waals surface area contributed by atoms with Gasteiger partial charge in [-0.2, -0.15) is 0 Å². The van der Waals surface area contributed by atoms with E-state index >= 15 is 0 Å². The average molecular weight is 463 g/mol. The first-order valence-electron chi connectivity index (χ1n) is 12.0. The molecule has 0 radical (unpaired) electrons. The minimum atomic E-state index is -0.716. The van der Waals surface area contributed by atoms with Crippen molar-refractivity contribution in [3.05, 3.63) is 126 Å². The van der Waals surface area contributed by atoms with Crippen LogP contribution in [0.1, 0.15) is 30.4 Å². The highest BCUT2D eigenvalue weighted by atomic mass is 16.2. The number of carbonyl (C=O) groups excluding carboxylic acids is 2. The van der Waals surface area contributed by atoms with Crippen molar-refractivity contribution in [2.75, 3.05) is 5.32 Å². The molecular formula is C31H30N2O2. The van der Waals surface area contributed by atoms with Crippen LogP contribution < -0.4 is 10.6 Å². The molecule has 0 fully saturated rings. The number of carbonyl (C=O) groups is 2. The van der Waals surface area contributed by atoms with Gasteiger partial charge >= 0.3 is 0 Å². The molecule has 2 atom stereocenters. The lowest BCUT2D eigenvalue weighted by molar-refractivity contribution is -0.127. The molecule has 0 bridgehead atoms. The Balaban J connectivity index is 1.59. The number of nitrogens with one attached hydrogen (secondary N) is 2. The number of amides is 2. The van der Waals surface area contributed by atoms with Crippen molar-refractivity contribution in [2.24, 2.45) is 0 Å². The van der Waals surface area contributed by atoms with Crippen molar-refractivity contribution in [3.63, 3.8) is 0 Å². The van der Waals surface area contributed by atoms with E-state index in [0.29, 0.717) is 18.5 Å². The maximum atomic E-state index is 13.6. The van der Waals surface area contributed by atoms with Gasteiger partial charge in [0.05, 0.1) is 5.92 Å². The third-order valence-electron chi connectivity index (χ3n) is 6.11. The molecule has 4 nitrogen and oxygen atoms in total.